The summed E-state index contributed by atoms with van der Waals surface area (Å²) >= 11 is 0. The normalized spacial score (nSPS) is 14.3. The standard InChI is InChI=1S/C51H77NO7/c1-6-8-10-12-14-16-18-20-22-24-25-26-28-29-31-33-35-37-39-41-49(53)58-46-47(45-57-44-43-48(51(55)56)52(3,4)5)59-50(54)42-40-38-36-34-32-30-27-23-21-19-17-15-13-11-9-7-2/h8-11,14-17,20-23,25-26,29-32,35-38,47-48H,6-7,12-13,18-19,24,27-28,33-34,39-46H2,1-5H3/b10-8+,11-9+,16-14+,17-15+,22-20+,23-21+,26-25+,31-29+,32-30+,37-35+,38-36+. The van der Waals surface area contributed by atoms with Crippen molar-refractivity contribution in [2.75, 3.05) is 41.0 Å². The number of carboxylic acid groups (broad SMARTS) is 1. The quantitative estimate of drug-likeness (QED) is 0.0269. The molecule has 0 radical (unpaired) electrons. The molecule has 0 aromatic rings. The summed E-state index contributed by atoms with van der Waals surface area (Å²) in [5.41, 5.74) is 0. The van der Waals surface area contributed by atoms with E-state index in [-0.39, 0.29) is 43.6 Å². The Kier molecular flexibility index (Phi) is 37.2. The van der Waals surface area contributed by atoms with E-state index in [9.17, 15) is 19.5 Å². The third-order valence-corrected chi connectivity index (χ3v) is 8.56. The van der Waals surface area contributed by atoms with Crippen LogP contribution in [0.2, 0.25) is 0 Å². The number of esters is 2. The first kappa shape index (κ1) is 54.5. The highest BCUT2D eigenvalue weighted by atomic mass is 16.6. The first-order valence-corrected chi connectivity index (χ1v) is 21.7. The van der Waals surface area contributed by atoms with Crippen LogP contribution in [0.25, 0.3) is 0 Å². The van der Waals surface area contributed by atoms with Crippen molar-refractivity contribution in [3.05, 3.63) is 134 Å². The zero-order valence-corrected chi connectivity index (χ0v) is 37.1. The van der Waals surface area contributed by atoms with Crippen molar-refractivity contribution in [1.29, 1.82) is 0 Å². The molecule has 2 atom stereocenters. The number of carbonyl (C=O) groups excluding carboxylic acids is 3. The molecule has 8 heteroatoms. The van der Waals surface area contributed by atoms with Crippen LogP contribution in [0, 0.1) is 0 Å². The van der Waals surface area contributed by atoms with Gasteiger partial charge in [0.05, 0.1) is 40.3 Å². The Hall–Kier alpha value is -4.53. The number of likely N-dealkylation sites (N-methyl/N-ethyl adjacent to an activating group) is 1. The van der Waals surface area contributed by atoms with Gasteiger partial charge in [-0.15, -0.1) is 0 Å². The van der Waals surface area contributed by atoms with Gasteiger partial charge >= 0.3 is 11.9 Å². The van der Waals surface area contributed by atoms with E-state index in [4.69, 9.17) is 14.2 Å². The number of rotatable bonds is 36. The molecule has 0 saturated heterocycles. The summed E-state index contributed by atoms with van der Waals surface area (Å²) in [6.45, 7) is 4.23. The van der Waals surface area contributed by atoms with Crippen molar-refractivity contribution in [2.24, 2.45) is 0 Å². The van der Waals surface area contributed by atoms with Gasteiger partial charge in [-0.1, -0.05) is 148 Å². The minimum absolute atomic E-state index is 0.0231. The molecule has 59 heavy (non-hydrogen) atoms. The molecule has 0 heterocycles. The van der Waals surface area contributed by atoms with Crippen molar-refractivity contribution in [3.8, 4) is 0 Å². The molecule has 0 rings (SSSR count). The number of nitrogens with zero attached hydrogens (tertiary/aromatic N) is 1. The Morgan fingerprint density at radius 1 is 0.492 bits per heavy atom. The molecule has 0 saturated carbocycles. The third kappa shape index (κ3) is 38.7. The zero-order chi connectivity index (χ0) is 43.5. The molecule has 2 unspecified atom stereocenters. The molecule has 0 aromatic heterocycles. The second-order valence-electron chi connectivity index (χ2n) is 14.8. The SMILES string of the molecule is CC/C=C/C/C=C/C/C=C/C/C=C/C/C=C/C/C=C/CCC(=O)OCC(COCCC(C(=O)[O-])[N+](C)(C)C)OC(=O)CC/C=C/C/C=C/C/C=C/C/C=C/C/C=C/CC. The van der Waals surface area contributed by atoms with Crippen LogP contribution in [0.3, 0.4) is 0 Å². The zero-order valence-electron chi connectivity index (χ0n) is 37.1. The highest BCUT2D eigenvalue weighted by Gasteiger charge is 2.25. The van der Waals surface area contributed by atoms with Gasteiger partial charge in [-0.25, -0.2) is 0 Å². The average Bonchev–Trinajstić information content (AvgIpc) is 3.19. The molecule has 0 bridgehead atoms. The maximum atomic E-state index is 12.7. The molecule has 328 valence electrons. The summed E-state index contributed by atoms with van der Waals surface area (Å²) in [6, 6.07) is -0.758. The summed E-state index contributed by atoms with van der Waals surface area (Å²) in [4.78, 5) is 36.8. The van der Waals surface area contributed by atoms with E-state index in [1.54, 1.807) is 21.1 Å². The Morgan fingerprint density at radius 3 is 1.17 bits per heavy atom. The number of quaternary nitrogens is 1. The summed E-state index contributed by atoms with van der Waals surface area (Å²) in [6.07, 6.45) is 58.0. The summed E-state index contributed by atoms with van der Waals surface area (Å²) in [5.74, 6) is -1.97. The Morgan fingerprint density at radius 2 is 0.831 bits per heavy atom. The fraction of sp³-hybridized carbons (Fsp3) is 0.510. The van der Waals surface area contributed by atoms with Crippen LogP contribution < -0.4 is 5.11 Å². The Bertz CT molecular complexity index is 1420. The van der Waals surface area contributed by atoms with Crippen LogP contribution in [-0.2, 0) is 28.6 Å². The molecule has 0 aliphatic heterocycles. The topological polar surface area (TPSA) is 102 Å². The summed E-state index contributed by atoms with van der Waals surface area (Å²) < 4.78 is 17.0. The molecule has 0 aliphatic rings. The minimum atomic E-state index is -1.15. The van der Waals surface area contributed by atoms with Crippen molar-refractivity contribution < 1.29 is 38.2 Å². The largest absolute Gasteiger partial charge is 0.544 e. The van der Waals surface area contributed by atoms with Gasteiger partial charge < -0.3 is 28.6 Å². The van der Waals surface area contributed by atoms with E-state index in [0.29, 0.717) is 12.8 Å². The molecule has 0 aliphatic carbocycles. The van der Waals surface area contributed by atoms with Crippen molar-refractivity contribution in [2.45, 2.75) is 129 Å². The van der Waals surface area contributed by atoms with Crippen molar-refractivity contribution in [1.82, 2.24) is 0 Å². The van der Waals surface area contributed by atoms with E-state index in [1.165, 1.54) is 0 Å². The van der Waals surface area contributed by atoms with Gasteiger partial charge in [-0.2, -0.15) is 0 Å². The molecular formula is C51H77NO7. The van der Waals surface area contributed by atoms with Gasteiger partial charge in [-0.3, -0.25) is 9.59 Å². The van der Waals surface area contributed by atoms with E-state index < -0.39 is 30.1 Å². The van der Waals surface area contributed by atoms with Gasteiger partial charge in [0.1, 0.15) is 12.6 Å². The Labute approximate surface area is 358 Å². The number of hydrogen-bond acceptors (Lipinski definition) is 7. The van der Waals surface area contributed by atoms with Gasteiger partial charge in [0.15, 0.2) is 6.10 Å². The minimum Gasteiger partial charge on any atom is -0.544 e. The van der Waals surface area contributed by atoms with Gasteiger partial charge in [0.25, 0.3) is 0 Å². The van der Waals surface area contributed by atoms with Gasteiger partial charge in [0.2, 0.25) is 0 Å². The maximum Gasteiger partial charge on any atom is 0.306 e. The fourth-order valence-electron chi connectivity index (χ4n) is 5.26. The third-order valence-electron chi connectivity index (χ3n) is 8.56. The first-order chi connectivity index (χ1) is 28.6. The number of aliphatic carboxylic acids is 1. The lowest BCUT2D eigenvalue weighted by molar-refractivity contribution is -0.889. The number of ether oxygens (including phenoxy) is 3. The van der Waals surface area contributed by atoms with Gasteiger partial charge in [0, 0.05) is 19.3 Å². The first-order valence-electron chi connectivity index (χ1n) is 21.7. The van der Waals surface area contributed by atoms with Crippen LogP contribution in [0.5, 0.6) is 0 Å². The van der Waals surface area contributed by atoms with Crippen LogP contribution in [0.15, 0.2) is 134 Å². The molecule has 0 fully saturated rings. The predicted octanol–water partition coefficient (Wildman–Crippen LogP) is 10.7. The van der Waals surface area contributed by atoms with Crippen LogP contribution in [0.4, 0.5) is 0 Å². The monoisotopic (exact) mass is 816 g/mol. The number of allylic oxidation sites excluding steroid dienone is 22. The maximum absolute atomic E-state index is 12.7. The highest BCUT2D eigenvalue weighted by molar-refractivity contribution is 5.71. The molecule has 0 aromatic carbocycles. The number of hydrogen-bond donors (Lipinski definition) is 0. The van der Waals surface area contributed by atoms with Crippen LogP contribution in [0.1, 0.15) is 117 Å². The fourth-order valence-corrected chi connectivity index (χ4v) is 5.26. The van der Waals surface area contributed by atoms with E-state index in [0.717, 1.165) is 70.6 Å². The highest BCUT2D eigenvalue weighted by Crippen LogP contribution is 2.09. The summed E-state index contributed by atoms with van der Waals surface area (Å²) in [7, 11) is 5.34. The van der Waals surface area contributed by atoms with E-state index >= 15 is 0 Å². The molecule has 8 nitrogen and oxygen atoms in total. The lowest BCUT2D eigenvalue weighted by Gasteiger charge is -2.34. The smallest absolute Gasteiger partial charge is 0.306 e. The average molecular weight is 816 g/mol. The lowest BCUT2D eigenvalue weighted by atomic mass is 10.1. The number of carbonyl (C=O) groups is 3. The second-order valence-corrected chi connectivity index (χ2v) is 14.8. The molecule has 0 spiro atoms. The van der Waals surface area contributed by atoms with Crippen LogP contribution in [-0.4, -0.2) is 75.5 Å². The lowest BCUT2D eigenvalue weighted by Crippen LogP contribution is -2.55. The molecular weight excluding hydrogens is 739 g/mol. The second kappa shape index (κ2) is 40.3. The van der Waals surface area contributed by atoms with E-state index in [1.807, 2.05) is 24.3 Å². The molecule has 0 amide bonds. The molecule has 0 N–H and O–H groups in total. The number of carboxylic acids is 1. The predicted molar refractivity (Wildman–Crippen MR) is 244 cm³/mol. The summed E-state index contributed by atoms with van der Waals surface area (Å²) in [5, 5.41) is 11.6. The van der Waals surface area contributed by atoms with Crippen LogP contribution >= 0.6 is 0 Å². The van der Waals surface area contributed by atoms with Crippen molar-refractivity contribution in [3.63, 3.8) is 0 Å². The van der Waals surface area contributed by atoms with E-state index in [2.05, 4.69) is 123 Å². The van der Waals surface area contributed by atoms with Gasteiger partial charge in [-0.05, 0) is 83.5 Å². The Balaban J connectivity index is 4.62. The van der Waals surface area contributed by atoms with Crippen molar-refractivity contribution >= 4 is 17.9 Å².